The van der Waals surface area contributed by atoms with E-state index in [9.17, 15) is 9.59 Å². The fourth-order valence-electron chi connectivity index (χ4n) is 4.95. The highest BCUT2D eigenvalue weighted by molar-refractivity contribution is 6.03. The Hall–Kier alpha value is -2.40. The Bertz CT molecular complexity index is 987. The van der Waals surface area contributed by atoms with Gasteiger partial charge in [-0.15, -0.1) is 0 Å². The number of benzene rings is 1. The highest BCUT2D eigenvalue weighted by atomic mass is 16.2. The summed E-state index contributed by atoms with van der Waals surface area (Å²) in [4.78, 5) is 27.6. The van der Waals surface area contributed by atoms with Crippen LogP contribution in [0.15, 0.2) is 30.5 Å². The second-order valence-electron chi connectivity index (χ2n) is 8.56. The van der Waals surface area contributed by atoms with Crippen molar-refractivity contribution in [2.45, 2.75) is 58.5 Å². The molecule has 2 heterocycles. The molecule has 0 bridgehead atoms. The van der Waals surface area contributed by atoms with Gasteiger partial charge in [0.2, 0.25) is 11.8 Å². The van der Waals surface area contributed by atoms with Gasteiger partial charge >= 0.3 is 0 Å². The van der Waals surface area contributed by atoms with E-state index in [1.54, 1.807) is 0 Å². The summed E-state index contributed by atoms with van der Waals surface area (Å²) in [6, 6.07) is 6.64. The van der Waals surface area contributed by atoms with Crippen molar-refractivity contribution in [1.82, 2.24) is 14.8 Å². The predicted molar refractivity (Wildman–Crippen MR) is 117 cm³/mol. The zero-order valence-electron chi connectivity index (χ0n) is 17.9. The first-order chi connectivity index (χ1) is 13.9. The molecule has 1 aliphatic carbocycles. The maximum atomic E-state index is 12.9. The second-order valence-corrected chi connectivity index (χ2v) is 8.56. The summed E-state index contributed by atoms with van der Waals surface area (Å²) in [5.41, 5.74) is 4.60. The maximum Gasteiger partial charge on any atom is 0.230 e. The van der Waals surface area contributed by atoms with Crippen molar-refractivity contribution < 1.29 is 9.59 Å². The number of hydrogen-bond acceptors (Lipinski definition) is 3. The Morgan fingerprint density at radius 1 is 1.28 bits per heavy atom. The van der Waals surface area contributed by atoms with Crippen molar-refractivity contribution in [2.24, 2.45) is 5.92 Å². The molecule has 1 amide bonds. The summed E-state index contributed by atoms with van der Waals surface area (Å²) in [5, 5.41) is 4.35. The standard InChI is InChI=1S/C24H31N3O2/c1-5-8-15(3)25-24(29)17-11-19-18-9-7-10-20-23(18)16(12-21(19)26(4)13-17)14-27(20)22(28)6-2/h7,9-11,14-15,17,21H,5-6,8,12-13H2,1-4H3,(H,25,29)/t15-,17-,21-/m1/s1. The van der Waals surface area contributed by atoms with Crippen LogP contribution in [0.4, 0.5) is 0 Å². The summed E-state index contributed by atoms with van der Waals surface area (Å²) < 4.78 is 1.81. The van der Waals surface area contributed by atoms with Crippen molar-refractivity contribution >= 4 is 28.3 Å². The van der Waals surface area contributed by atoms with Gasteiger partial charge in [0.1, 0.15) is 0 Å². The molecule has 1 N–H and O–H groups in total. The van der Waals surface area contributed by atoms with Crippen molar-refractivity contribution in [3.05, 3.63) is 41.6 Å². The number of likely N-dealkylation sites (N-methyl/N-ethyl adjacent to an activating group) is 1. The van der Waals surface area contributed by atoms with Crippen LogP contribution >= 0.6 is 0 Å². The fraction of sp³-hybridized carbons (Fsp3) is 0.500. The highest BCUT2D eigenvalue weighted by Gasteiger charge is 2.36. The molecule has 3 atom stereocenters. The lowest BCUT2D eigenvalue weighted by Gasteiger charge is -2.39. The molecule has 4 rings (SSSR count). The molecule has 1 aromatic heterocycles. The van der Waals surface area contributed by atoms with Gasteiger partial charge in [-0.2, -0.15) is 0 Å². The van der Waals surface area contributed by atoms with E-state index in [1.807, 2.05) is 29.8 Å². The SMILES string of the molecule is CCC[C@@H](C)NC(=O)[C@@H]1C=C2c3cccc4c3c(cn4C(=O)CC)C[C@H]2N(C)C1. The maximum absolute atomic E-state index is 12.9. The van der Waals surface area contributed by atoms with Gasteiger partial charge in [-0.3, -0.25) is 19.1 Å². The van der Waals surface area contributed by atoms with Crippen LogP contribution in [0, 0.1) is 5.92 Å². The largest absolute Gasteiger partial charge is 0.353 e. The first-order valence-corrected chi connectivity index (χ1v) is 10.8. The minimum absolute atomic E-state index is 0.112. The van der Waals surface area contributed by atoms with Gasteiger partial charge in [-0.25, -0.2) is 0 Å². The number of aromatic nitrogens is 1. The van der Waals surface area contributed by atoms with Gasteiger partial charge in [-0.1, -0.05) is 38.5 Å². The molecule has 29 heavy (non-hydrogen) atoms. The zero-order chi connectivity index (χ0) is 20.7. The van der Waals surface area contributed by atoms with Crippen LogP contribution in [0.5, 0.6) is 0 Å². The van der Waals surface area contributed by atoms with Gasteiger partial charge in [0.15, 0.2) is 0 Å². The van der Waals surface area contributed by atoms with Gasteiger partial charge in [0.25, 0.3) is 0 Å². The summed E-state index contributed by atoms with van der Waals surface area (Å²) >= 11 is 0. The topological polar surface area (TPSA) is 54.3 Å². The van der Waals surface area contributed by atoms with Crippen LogP contribution in [-0.2, 0) is 11.2 Å². The van der Waals surface area contributed by atoms with E-state index < -0.39 is 0 Å². The Kier molecular flexibility index (Phi) is 5.34. The normalized spacial score (nSPS) is 22.1. The Balaban J connectivity index is 1.74. The van der Waals surface area contributed by atoms with Crippen molar-refractivity contribution in [3.63, 3.8) is 0 Å². The molecular weight excluding hydrogens is 362 g/mol. The molecule has 0 spiro atoms. The third-order valence-corrected chi connectivity index (χ3v) is 6.41. The summed E-state index contributed by atoms with van der Waals surface area (Å²) in [6.07, 6.45) is 7.62. The molecule has 154 valence electrons. The molecule has 2 aromatic rings. The Morgan fingerprint density at radius 3 is 2.79 bits per heavy atom. The lowest BCUT2D eigenvalue weighted by atomic mass is 9.80. The fourth-order valence-corrected chi connectivity index (χ4v) is 4.95. The van der Waals surface area contributed by atoms with E-state index >= 15 is 0 Å². The average molecular weight is 394 g/mol. The van der Waals surface area contributed by atoms with E-state index in [2.05, 4.69) is 43.3 Å². The van der Waals surface area contributed by atoms with E-state index in [1.165, 1.54) is 22.1 Å². The van der Waals surface area contributed by atoms with Crippen LogP contribution in [0.25, 0.3) is 16.5 Å². The van der Waals surface area contributed by atoms with Crippen LogP contribution < -0.4 is 5.32 Å². The van der Waals surface area contributed by atoms with Gasteiger partial charge in [0, 0.05) is 36.6 Å². The molecule has 5 heteroatoms. The second kappa shape index (κ2) is 7.79. The van der Waals surface area contributed by atoms with E-state index in [-0.39, 0.29) is 29.8 Å². The van der Waals surface area contributed by atoms with Gasteiger partial charge < -0.3 is 5.32 Å². The number of carbonyl (C=O) groups excluding carboxylic acids is 2. The Labute approximate surface area is 172 Å². The zero-order valence-corrected chi connectivity index (χ0v) is 17.9. The molecule has 1 aliphatic heterocycles. The molecule has 1 aromatic carbocycles. The Morgan fingerprint density at radius 2 is 2.07 bits per heavy atom. The van der Waals surface area contributed by atoms with E-state index in [0.29, 0.717) is 6.42 Å². The number of nitrogens with one attached hydrogen (secondary N) is 1. The van der Waals surface area contributed by atoms with Crippen molar-refractivity contribution in [3.8, 4) is 0 Å². The number of carbonyl (C=O) groups is 2. The summed E-state index contributed by atoms with van der Waals surface area (Å²) in [5.74, 6) is 0.0787. The molecule has 2 aliphatic rings. The molecule has 0 unspecified atom stereocenters. The molecule has 0 saturated heterocycles. The number of rotatable bonds is 5. The van der Waals surface area contributed by atoms with Crippen LogP contribution in [0.2, 0.25) is 0 Å². The highest BCUT2D eigenvalue weighted by Crippen LogP contribution is 2.41. The minimum Gasteiger partial charge on any atom is -0.353 e. The minimum atomic E-state index is -0.151. The number of fused-ring (bicyclic) bond motifs is 2. The van der Waals surface area contributed by atoms with Crippen molar-refractivity contribution in [2.75, 3.05) is 13.6 Å². The third-order valence-electron chi connectivity index (χ3n) is 6.41. The first kappa shape index (κ1) is 19.9. The number of nitrogens with zero attached hydrogens (tertiary/aromatic N) is 2. The van der Waals surface area contributed by atoms with Crippen LogP contribution in [0.3, 0.4) is 0 Å². The molecule has 0 radical (unpaired) electrons. The monoisotopic (exact) mass is 393 g/mol. The smallest absolute Gasteiger partial charge is 0.230 e. The molecule has 0 fully saturated rings. The summed E-state index contributed by atoms with van der Waals surface area (Å²) in [6.45, 7) is 6.83. The van der Waals surface area contributed by atoms with Crippen molar-refractivity contribution in [1.29, 1.82) is 0 Å². The first-order valence-electron chi connectivity index (χ1n) is 10.8. The third kappa shape index (κ3) is 3.42. The lowest BCUT2D eigenvalue weighted by molar-refractivity contribution is -0.124. The quantitative estimate of drug-likeness (QED) is 0.839. The predicted octanol–water partition coefficient (Wildman–Crippen LogP) is 3.87. The van der Waals surface area contributed by atoms with Crippen LogP contribution in [-0.4, -0.2) is 47.0 Å². The number of hydrogen-bond donors (Lipinski definition) is 1. The molecule has 5 nitrogen and oxygen atoms in total. The van der Waals surface area contributed by atoms with Gasteiger partial charge in [-0.05, 0) is 49.6 Å². The lowest BCUT2D eigenvalue weighted by Crippen LogP contribution is -2.47. The van der Waals surface area contributed by atoms with E-state index in [0.717, 1.165) is 31.3 Å². The average Bonchev–Trinajstić information content (AvgIpc) is 3.08. The van der Waals surface area contributed by atoms with E-state index in [4.69, 9.17) is 0 Å². The molecule has 0 saturated carbocycles. The van der Waals surface area contributed by atoms with Crippen LogP contribution in [0.1, 0.15) is 56.0 Å². The molecular formula is C24H31N3O2. The number of amides is 1. The van der Waals surface area contributed by atoms with Gasteiger partial charge in [0.05, 0.1) is 11.4 Å². The summed E-state index contributed by atoms with van der Waals surface area (Å²) in [7, 11) is 2.10.